The van der Waals surface area contributed by atoms with Crippen LogP contribution in [0.5, 0.6) is 11.5 Å². The van der Waals surface area contributed by atoms with Gasteiger partial charge in [0.25, 0.3) is 5.91 Å². The van der Waals surface area contributed by atoms with Crippen molar-refractivity contribution in [2.45, 2.75) is 6.92 Å². The third kappa shape index (κ3) is 5.36. The van der Waals surface area contributed by atoms with Gasteiger partial charge in [0.2, 0.25) is 0 Å². The van der Waals surface area contributed by atoms with E-state index < -0.39 is 5.97 Å². The van der Waals surface area contributed by atoms with E-state index in [0.29, 0.717) is 22.1 Å². The van der Waals surface area contributed by atoms with E-state index in [1.165, 1.54) is 11.3 Å². The number of ether oxygens (including phenoxy) is 3. The van der Waals surface area contributed by atoms with Crippen LogP contribution < -0.4 is 14.8 Å². The van der Waals surface area contributed by atoms with Gasteiger partial charge in [-0.05, 0) is 42.8 Å². The highest BCUT2D eigenvalue weighted by Gasteiger charge is 2.20. The highest BCUT2D eigenvalue weighted by atomic mass is 32.1. The number of benzene rings is 2. The number of hydrogen-bond donors (Lipinski definition) is 1. The van der Waals surface area contributed by atoms with Crippen LogP contribution in [-0.2, 0) is 9.53 Å². The minimum atomic E-state index is -0.475. The highest BCUT2D eigenvalue weighted by Crippen LogP contribution is 2.36. The first-order chi connectivity index (χ1) is 14.1. The maximum absolute atomic E-state index is 12.4. The third-order valence-corrected chi connectivity index (χ3v) is 5.07. The molecule has 1 aromatic heterocycles. The summed E-state index contributed by atoms with van der Waals surface area (Å²) in [6, 6.07) is 18.3. The van der Waals surface area contributed by atoms with Crippen LogP contribution in [0.25, 0.3) is 10.4 Å². The first kappa shape index (κ1) is 20.4. The predicted molar refractivity (Wildman–Crippen MR) is 113 cm³/mol. The molecule has 0 unspecified atom stereocenters. The van der Waals surface area contributed by atoms with Gasteiger partial charge in [-0.3, -0.25) is 4.79 Å². The Kier molecular flexibility index (Phi) is 6.86. The van der Waals surface area contributed by atoms with Crippen LogP contribution in [0.3, 0.4) is 0 Å². The Morgan fingerprint density at radius 2 is 1.69 bits per heavy atom. The van der Waals surface area contributed by atoms with E-state index in [4.69, 9.17) is 14.2 Å². The van der Waals surface area contributed by atoms with Gasteiger partial charge in [0.1, 0.15) is 16.5 Å². The Bertz CT molecular complexity index is 967. The van der Waals surface area contributed by atoms with Crippen molar-refractivity contribution in [2.75, 3.05) is 25.6 Å². The summed E-state index contributed by atoms with van der Waals surface area (Å²) in [5.41, 5.74) is 1.28. The zero-order chi connectivity index (χ0) is 20.6. The SMILES string of the molecule is CCOC(=O)c1cc(-c2ccccc2)sc1NC(=O)COc1ccc(OC)cc1. The molecule has 1 N–H and O–H groups in total. The molecule has 3 rings (SSSR count). The van der Waals surface area contributed by atoms with E-state index in [9.17, 15) is 9.59 Å². The normalized spacial score (nSPS) is 10.3. The van der Waals surface area contributed by atoms with Crippen LogP contribution in [0.2, 0.25) is 0 Å². The maximum atomic E-state index is 12.4. The topological polar surface area (TPSA) is 73.9 Å². The standard InChI is InChI=1S/C22H21NO5S/c1-3-27-22(25)18-13-19(15-7-5-4-6-8-15)29-21(18)23-20(24)14-28-17-11-9-16(26-2)10-12-17/h4-13H,3,14H2,1-2H3,(H,23,24). The lowest BCUT2D eigenvalue weighted by molar-refractivity contribution is -0.118. The second-order valence-electron chi connectivity index (χ2n) is 5.95. The molecule has 0 spiro atoms. The summed E-state index contributed by atoms with van der Waals surface area (Å²) in [7, 11) is 1.58. The average Bonchev–Trinajstić information content (AvgIpc) is 3.17. The molecule has 7 heteroatoms. The number of hydrogen-bond acceptors (Lipinski definition) is 6. The van der Waals surface area contributed by atoms with Crippen LogP contribution in [0.15, 0.2) is 60.7 Å². The highest BCUT2D eigenvalue weighted by molar-refractivity contribution is 7.20. The Balaban J connectivity index is 1.72. The molecule has 150 valence electrons. The van der Waals surface area contributed by atoms with Gasteiger partial charge in [-0.25, -0.2) is 4.79 Å². The van der Waals surface area contributed by atoms with Gasteiger partial charge < -0.3 is 19.5 Å². The summed E-state index contributed by atoms with van der Waals surface area (Å²) in [6.45, 7) is 1.81. The van der Waals surface area contributed by atoms with Crippen molar-refractivity contribution < 1.29 is 23.8 Å². The van der Waals surface area contributed by atoms with E-state index in [-0.39, 0.29) is 19.1 Å². The summed E-state index contributed by atoms with van der Waals surface area (Å²) < 4.78 is 15.7. The number of anilines is 1. The van der Waals surface area contributed by atoms with E-state index in [0.717, 1.165) is 10.4 Å². The largest absolute Gasteiger partial charge is 0.497 e. The van der Waals surface area contributed by atoms with Crippen molar-refractivity contribution in [3.05, 3.63) is 66.2 Å². The molecule has 0 atom stereocenters. The molecule has 1 heterocycles. The molecule has 0 aliphatic heterocycles. The summed E-state index contributed by atoms with van der Waals surface area (Å²) in [6.07, 6.45) is 0. The molecular formula is C22H21NO5S. The number of methoxy groups -OCH3 is 1. The smallest absolute Gasteiger partial charge is 0.341 e. The Morgan fingerprint density at radius 1 is 1.00 bits per heavy atom. The zero-order valence-electron chi connectivity index (χ0n) is 16.1. The van der Waals surface area contributed by atoms with Crippen molar-refractivity contribution in [1.82, 2.24) is 0 Å². The van der Waals surface area contributed by atoms with Crippen molar-refractivity contribution in [1.29, 1.82) is 0 Å². The molecule has 0 fully saturated rings. The molecule has 0 aliphatic rings. The molecule has 0 saturated carbocycles. The molecule has 6 nitrogen and oxygen atoms in total. The van der Waals surface area contributed by atoms with Crippen molar-refractivity contribution in [3.63, 3.8) is 0 Å². The fraction of sp³-hybridized carbons (Fsp3) is 0.182. The minimum Gasteiger partial charge on any atom is -0.497 e. The lowest BCUT2D eigenvalue weighted by Crippen LogP contribution is -2.21. The van der Waals surface area contributed by atoms with E-state index >= 15 is 0 Å². The fourth-order valence-corrected chi connectivity index (χ4v) is 3.64. The summed E-state index contributed by atoms with van der Waals surface area (Å²) in [5, 5.41) is 3.20. The molecule has 0 saturated heterocycles. The molecule has 0 aliphatic carbocycles. The van der Waals surface area contributed by atoms with Crippen molar-refractivity contribution >= 4 is 28.2 Å². The monoisotopic (exact) mass is 411 g/mol. The van der Waals surface area contributed by atoms with Gasteiger partial charge in [-0.15, -0.1) is 11.3 Å². The first-order valence-electron chi connectivity index (χ1n) is 9.03. The number of nitrogens with one attached hydrogen (secondary N) is 1. The van der Waals surface area contributed by atoms with Gasteiger partial charge in [-0.1, -0.05) is 30.3 Å². The number of thiophene rings is 1. The predicted octanol–water partition coefficient (Wildman–Crippen LogP) is 4.62. The lowest BCUT2D eigenvalue weighted by atomic mass is 10.1. The number of carbonyl (C=O) groups excluding carboxylic acids is 2. The number of amides is 1. The molecule has 29 heavy (non-hydrogen) atoms. The van der Waals surface area contributed by atoms with E-state index in [1.807, 2.05) is 30.3 Å². The number of rotatable bonds is 8. The molecular weight excluding hydrogens is 390 g/mol. The van der Waals surface area contributed by atoms with Crippen LogP contribution in [0.1, 0.15) is 17.3 Å². The Hall–Kier alpha value is -3.32. The van der Waals surface area contributed by atoms with Crippen LogP contribution >= 0.6 is 11.3 Å². The second-order valence-corrected chi connectivity index (χ2v) is 7.00. The third-order valence-electron chi connectivity index (χ3n) is 3.97. The van der Waals surface area contributed by atoms with Crippen LogP contribution in [0.4, 0.5) is 5.00 Å². The zero-order valence-corrected chi connectivity index (χ0v) is 17.0. The van der Waals surface area contributed by atoms with Crippen molar-refractivity contribution in [2.24, 2.45) is 0 Å². The molecule has 0 bridgehead atoms. The van der Waals surface area contributed by atoms with Crippen LogP contribution in [-0.4, -0.2) is 32.2 Å². The number of esters is 1. The molecule has 3 aromatic rings. The minimum absolute atomic E-state index is 0.187. The van der Waals surface area contributed by atoms with Gasteiger partial charge in [0, 0.05) is 4.88 Å². The fourth-order valence-electron chi connectivity index (χ4n) is 2.57. The van der Waals surface area contributed by atoms with Gasteiger partial charge >= 0.3 is 5.97 Å². The first-order valence-corrected chi connectivity index (χ1v) is 9.85. The van der Waals surface area contributed by atoms with Gasteiger partial charge in [0.05, 0.1) is 19.3 Å². The van der Waals surface area contributed by atoms with E-state index in [2.05, 4.69) is 5.32 Å². The molecule has 2 aromatic carbocycles. The van der Waals surface area contributed by atoms with Crippen molar-refractivity contribution in [3.8, 4) is 21.9 Å². The molecule has 1 amide bonds. The van der Waals surface area contributed by atoms with Crippen LogP contribution in [0, 0.1) is 0 Å². The Morgan fingerprint density at radius 3 is 2.34 bits per heavy atom. The van der Waals surface area contributed by atoms with E-state index in [1.54, 1.807) is 44.4 Å². The maximum Gasteiger partial charge on any atom is 0.341 e. The average molecular weight is 411 g/mol. The summed E-state index contributed by atoms with van der Waals surface area (Å²) in [5.74, 6) is 0.403. The summed E-state index contributed by atoms with van der Waals surface area (Å²) >= 11 is 1.32. The number of carbonyl (C=O) groups is 2. The lowest BCUT2D eigenvalue weighted by Gasteiger charge is -2.08. The quantitative estimate of drug-likeness (QED) is 0.548. The van der Waals surface area contributed by atoms with Gasteiger partial charge in [0.15, 0.2) is 6.61 Å². The summed E-state index contributed by atoms with van der Waals surface area (Å²) in [4.78, 5) is 25.6. The molecule has 0 radical (unpaired) electrons. The Labute approximate surface area is 173 Å². The van der Waals surface area contributed by atoms with Gasteiger partial charge in [-0.2, -0.15) is 0 Å². The second kappa shape index (κ2) is 9.75.